The predicted octanol–water partition coefficient (Wildman–Crippen LogP) is 3.14. The maximum Gasteiger partial charge on any atom is 0.233 e. The molecular formula is C18H21NO3S. The first-order valence-electron chi connectivity index (χ1n) is 7.36. The molecule has 0 aromatic heterocycles. The SMILES string of the molecule is COc1ccc(C)cc1CCNS(=O)(=O)/C=C/c1ccccc1. The Balaban J connectivity index is 1.95. The fourth-order valence-electron chi connectivity index (χ4n) is 2.21. The summed E-state index contributed by atoms with van der Waals surface area (Å²) >= 11 is 0. The lowest BCUT2D eigenvalue weighted by Crippen LogP contribution is -2.23. The minimum atomic E-state index is -3.45. The van der Waals surface area contributed by atoms with Gasteiger partial charge in [0.15, 0.2) is 0 Å². The molecule has 2 rings (SSSR count). The van der Waals surface area contributed by atoms with Crippen molar-refractivity contribution in [2.45, 2.75) is 13.3 Å². The zero-order valence-corrected chi connectivity index (χ0v) is 14.1. The molecule has 5 heteroatoms. The van der Waals surface area contributed by atoms with E-state index in [2.05, 4.69) is 4.72 Å². The van der Waals surface area contributed by atoms with E-state index in [0.717, 1.165) is 22.4 Å². The maximum atomic E-state index is 12.0. The summed E-state index contributed by atoms with van der Waals surface area (Å²) in [6, 6.07) is 15.2. The molecule has 0 bridgehead atoms. The fourth-order valence-corrected chi connectivity index (χ4v) is 3.03. The minimum Gasteiger partial charge on any atom is -0.496 e. The third-order valence-corrected chi connectivity index (χ3v) is 4.47. The molecule has 2 aromatic rings. The molecule has 23 heavy (non-hydrogen) atoms. The van der Waals surface area contributed by atoms with Gasteiger partial charge in [-0.05, 0) is 36.6 Å². The van der Waals surface area contributed by atoms with Crippen LogP contribution in [0.15, 0.2) is 53.9 Å². The number of sulfonamides is 1. The van der Waals surface area contributed by atoms with Gasteiger partial charge in [-0.15, -0.1) is 0 Å². The minimum absolute atomic E-state index is 0.321. The lowest BCUT2D eigenvalue weighted by Gasteiger charge is -2.09. The summed E-state index contributed by atoms with van der Waals surface area (Å²) in [5, 5.41) is 1.19. The van der Waals surface area contributed by atoms with Crippen molar-refractivity contribution < 1.29 is 13.2 Å². The van der Waals surface area contributed by atoms with Gasteiger partial charge in [0.05, 0.1) is 7.11 Å². The van der Waals surface area contributed by atoms with Crippen LogP contribution in [0.4, 0.5) is 0 Å². The van der Waals surface area contributed by atoms with Gasteiger partial charge in [0.25, 0.3) is 0 Å². The molecule has 0 unspecified atom stereocenters. The van der Waals surface area contributed by atoms with E-state index in [1.165, 1.54) is 5.41 Å². The molecule has 122 valence electrons. The van der Waals surface area contributed by atoms with E-state index in [4.69, 9.17) is 4.74 Å². The van der Waals surface area contributed by atoms with E-state index in [9.17, 15) is 8.42 Å². The van der Waals surface area contributed by atoms with Crippen LogP contribution in [0.5, 0.6) is 5.75 Å². The van der Waals surface area contributed by atoms with Crippen LogP contribution in [0, 0.1) is 6.92 Å². The lowest BCUT2D eigenvalue weighted by atomic mass is 10.1. The van der Waals surface area contributed by atoms with Gasteiger partial charge >= 0.3 is 0 Å². The molecule has 0 saturated heterocycles. The molecule has 0 atom stereocenters. The summed E-state index contributed by atoms with van der Waals surface area (Å²) in [7, 11) is -1.84. The molecule has 0 saturated carbocycles. The predicted molar refractivity (Wildman–Crippen MR) is 93.8 cm³/mol. The van der Waals surface area contributed by atoms with Crippen molar-refractivity contribution in [1.82, 2.24) is 4.72 Å². The Labute approximate surface area is 137 Å². The number of nitrogens with one attached hydrogen (secondary N) is 1. The number of aryl methyl sites for hydroxylation is 1. The van der Waals surface area contributed by atoms with Gasteiger partial charge in [0.2, 0.25) is 10.0 Å². The van der Waals surface area contributed by atoms with Crippen LogP contribution in [-0.2, 0) is 16.4 Å². The molecule has 2 aromatic carbocycles. The smallest absolute Gasteiger partial charge is 0.233 e. The second kappa shape index (κ2) is 7.94. The van der Waals surface area contributed by atoms with Crippen LogP contribution in [0.1, 0.15) is 16.7 Å². The second-order valence-corrected chi connectivity index (χ2v) is 6.87. The Bertz CT molecular complexity index is 768. The summed E-state index contributed by atoms with van der Waals surface area (Å²) in [5.41, 5.74) is 2.95. The van der Waals surface area contributed by atoms with Crippen molar-refractivity contribution in [1.29, 1.82) is 0 Å². The van der Waals surface area contributed by atoms with E-state index in [-0.39, 0.29) is 0 Å². The molecular weight excluding hydrogens is 310 g/mol. The average Bonchev–Trinajstić information content (AvgIpc) is 2.54. The number of ether oxygens (including phenoxy) is 1. The van der Waals surface area contributed by atoms with E-state index in [0.29, 0.717) is 13.0 Å². The van der Waals surface area contributed by atoms with Crippen LogP contribution in [0.3, 0.4) is 0 Å². The molecule has 0 aliphatic rings. The van der Waals surface area contributed by atoms with Crippen LogP contribution in [-0.4, -0.2) is 22.1 Å². The molecule has 0 aliphatic heterocycles. The summed E-state index contributed by atoms with van der Waals surface area (Å²) in [4.78, 5) is 0. The van der Waals surface area contributed by atoms with Crippen LogP contribution < -0.4 is 9.46 Å². The summed E-state index contributed by atoms with van der Waals surface area (Å²) in [6.07, 6.45) is 2.15. The highest BCUT2D eigenvalue weighted by atomic mass is 32.2. The number of rotatable bonds is 7. The largest absolute Gasteiger partial charge is 0.496 e. The molecule has 0 amide bonds. The molecule has 0 fully saturated rings. The zero-order chi connectivity index (χ0) is 16.7. The second-order valence-electron chi connectivity index (χ2n) is 5.22. The van der Waals surface area contributed by atoms with Crippen molar-refractivity contribution in [2.24, 2.45) is 0 Å². The first-order valence-corrected chi connectivity index (χ1v) is 8.91. The highest BCUT2D eigenvalue weighted by molar-refractivity contribution is 7.92. The first-order chi connectivity index (χ1) is 11.0. The fraction of sp³-hybridized carbons (Fsp3) is 0.222. The Morgan fingerprint density at radius 1 is 1.13 bits per heavy atom. The van der Waals surface area contributed by atoms with Crippen molar-refractivity contribution in [3.05, 3.63) is 70.6 Å². The average molecular weight is 331 g/mol. The van der Waals surface area contributed by atoms with E-state index in [1.54, 1.807) is 13.2 Å². The number of hydrogen-bond acceptors (Lipinski definition) is 3. The highest BCUT2D eigenvalue weighted by Crippen LogP contribution is 2.19. The Morgan fingerprint density at radius 2 is 1.87 bits per heavy atom. The first kappa shape index (κ1) is 17.2. The number of methoxy groups -OCH3 is 1. The Hall–Kier alpha value is -2.11. The molecule has 0 aliphatic carbocycles. The third-order valence-electron chi connectivity index (χ3n) is 3.37. The van der Waals surface area contributed by atoms with Crippen LogP contribution in [0.2, 0.25) is 0 Å². The van der Waals surface area contributed by atoms with Crippen molar-refractivity contribution in [3.63, 3.8) is 0 Å². The normalized spacial score (nSPS) is 11.7. The monoisotopic (exact) mass is 331 g/mol. The van der Waals surface area contributed by atoms with E-state index in [1.807, 2.05) is 55.5 Å². The van der Waals surface area contributed by atoms with E-state index < -0.39 is 10.0 Å². The van der Waals surface area contributed by atoms with E-state index >= 15 is 0 Å². The molecule has 1 N–H and O–H groups in total. The Morgan fingerprint density at radius 3 is 2.57 bits per heavy atom. The van der Waals surface area contributed by atoms with Crippen LogP contribution in [0.25, 0.3) is 6.08 Å². The van der Waals surface area contributed by atoms with Crippen molar-refractivity contribution in [3.8, 4) is 5.75 Å². The molecule has 0 spiro atoms. The maximum absolute atomic E-state index is 12.0. The quantitative estimate of drug-likeness (QED) is 0.848. The third kappa shape index (κ3) is 5.54. The topological polar surface area (TPSA) is 55.4 Å². The van der Waals surface area contributed by atoms with Gasteiger partial charge < -0.3 is 4.74 Å². The number of hydrogen-bond donors (Lipinski definition) is 1. The summed E-state index contributed by atoms with van der Waals surface area (Å²) in [5.74, 6) is 0.773. The summed E-state index contributed by atoms with van der Waals surface area (Å²) < 4.78 is 31.8. The van der Waals surface area contributed by atoms with Gasteiger partial charge in [-0.25, -0.2) is 13.1 Å². The van der Waals surface area contributed by atoms with Gasteiger partial charge in [-0.2, -0.15) is 0 Å². The summed E-state index contributed by atoms with van der Waals surface area (Å²) in [6.45, 7) is 2.32. The highest BCUT2D eigenvalue weighted by Gasteiger charge is 2.07. The Kier molecular flexibility index (Phi) is 5.96. The van der Waals surface area contributed by atoms with Gasteiger partial charge in [-0.3, -0.25) is 0 Å². The molecule has 4 nitrogen and oxygen atoms in total. The van der Waals surface area contributed by atoms with Gasteiger partial charge in [0, 0.05) is 12.0 Å². The lowest BCUT2D eigenvalue weighted by molar-refractivity contribution is 0.409. The van der Waals surface area contributed by atoms with Gasteiger partial charge in [-0.1, -0.05) is 48.0 Å². The van der Waals surface area contributed by atoms with Gasteiger partial charge in [0.1, 0.15) is 5.75 Å². The van der Waals surface area contributed by atoms with Crippen LogP contribution >= 0.6 is 0 Å². The van der Waals surface area contributed by atoms with Crippen molar-refractivity contribution in [2.75, 3.05) is 13.7 Å². The number of benzene rings is 2. The zero-order valence-electron chi connectivity index (χ0n) is 13.3. The van der Waals surface area contributed by atoms with Crippen molar-refractivity contribution >= 4 is 16.1 Å². The molecule has 0 heterocycles. The standard InChI is InChI=1S/C18H21NO3S/c1-15-8-9-18(22-2)17(14-15)10-12-19-23(20,21)13-11-16-6-4-3-5-7-16/h3-9,11,13-14,19H,10,12H2,1-2H3/b13-11+. The molecule has 0 radical (unpaired) electrons.